The molecule has 22 heavy (non-hydrogen) atoms. The van der Waals surface area contributed by atoms with Crippen molar-refractivity contribution in [2.24, 2.45) is 0 Å². The van der Waals surface area contributed by atoms with E-state index in [2.05, 4.69) is 15.3 Å². The lowest BCUT2D eigenvalue weighted by Gasteiger charge is -2.22. The van der Waals surface area contributed by atoms with Gasteiger partial charge in [-0.2, -0.15) is 0 Å². The monoisotopic (exact) mass is 314 g/mol. The van der Waals surface area contributed by atoms with Crippen LogP contribution in [0.5, 0.6) is 0 Å². The number of alkyl carbamates (subject to hydrolysis) is 1. The van der Waals surface area contributed by atoms with Gasteiger partial charge in [-0.05, 0) is 27.2 Å². The molecule has 1 amide bonds. The molecule has 0 radical (unpaired) electrons. The molecule has 8 heteroatoms. The summed E-state index contributed by atoms with van der Waals surface area (Å²) in [6.45, 7) is 6.50. The minimum absolute atomic E-state index is 0.0974. The van der Waals surface area contributed by atoms with Crippen LogP contribution in [-0.4, -0.2) is 40.8 Å². The average Bonchev–Trinajstić information content (AvgIpc) is 2.85. The van der Waals surface area contributed by atoms with Crippen LogP contribution in [-0.2, 0) is 4.74 Å². The molecule has 1 aliphatic rings. The first-order chi connectivity index (χ1) is 10.2. The lowest BCUT2D eigenvalue weighted by atomic mass is 10.2. The molecule has 2 rings (SSSR count). The third-order valence-electron chi connectivity index (χ3n) is 3.13. The summed E-state index contributed by atoms with van der Waals surface area (Å²) < 4.78 is 30.5. The Hall–Kier alpha value is -1.99. The van der Waals surface area contributed by atoms with Gasteiger partial charge in [-0.3, -0.25) is 0 Å². The molecule has 1 aromatic rings. The summed E-state index contributed by atoms with van der Waals surface area (Å²) in [4.78, 5) is 21.1. The summed E-state index contributed by atoms with van der Waals surface area (Å²) in [5.41, 5.74) is -0.852. The normalized spacial score (nSPS) is 18.6. The van der Waals surface area contributed by atoms with Crippen molar-refractivity contribution >= 4 is 11.9 Å². The molecule has 1 fully saturated rings. The maximum absolute atomic E-state index is 12.7. The number of carbonyl (C=O) groups is 1. The van der Waals surface area contributed by atoms with Gasteiger partial charge in [0.05, 0.1) is 6.04 Å². The Balaban J connectivity index is 1.93. The second kappa shape index (κ2) is 6.41. The van der Waals surface area contributed by atoms with Crippen molar-refractivity contribution in [2.45, 2.75) is 45.3 Å². The van der Waals surface area contributed by atoms with Crippen LogP contribution in [0, 0.1) is 0 Å². The maximum Gasteiger partial charge on any atom is 0.407 e. The molecular weight excluding hydrogens is 294 g/mol. The van der Waals surface area contributed by atoms with E-state index in [9.17, 15) is 13.6 Å². The predicted molar refractivity (Wildman–Crippen MR) is 77.0 cm³/mol. The molecule has 1 unspecified atom stereocenters. The van der Waals surface area contributed by atoms with E-state index < -0.39 is 18.1 Å². The first-order valence-electron chi connectivity index (χ1n) is 7.09. The largest absolute Gasteiger partial charge is 0.444 e. The second-order valence-electron chi connectivity index (χ2n) is 6.18. The van der Waals surface area contributed by atoms with Crippen LogP contribution in [0.4, 0.5) is 19.4 Å². The number of hydrogen-bond acceptors (Lipinski definition) is 5. The topological polar surface area (TPSA) is 67.3 Å². The molecule has 1 saturated heterocycles. The minimum atomic E-state index is -2.62. The average molecular weight is 314 g/mol. The van der Waals surface area contributed by atoms with Gasteiger partial charge in [0.15, 0.2) is 0 Å². The highest BCUT2D eigenvalue weighted by Gasteiger charge is 2.27. The Labute approximate surface area is 127 Å². The molecule has 0 aromatic carbocycles. The van der Waals surface area contributed by atoms with E-state index in [1.807, 2.05) is 4.90 Å². The number of amides is 1. The fraction of sp³-hybridized carbons (Fsp3) is 0.643. The molecule has 0 spiro atoms. The van der Waals surface area contributed by atoms with E-state index in [1.165, 1.54) is 6.07 Å². The lowest BCUT2D eigenvalue weighted by molar-refractivity contribution is 0.0509. The van der Waals surface area contributed by atoms with Gasteiger partial charge in [-0.1, -0.05) is 0 Å². The van der Waals surface area contributed by atoms with Crippen molar-refractivity contribution in [3.8, 4) is 0 Å². The smallest absolute Gasteiger partial charge is 0.407 e. The van der Waals surface area contributed by atoms with E-state index >= 15 is 0 Å². The highest BCUT2D eigenvalue weighted by atomic mass is 19.3. The fourth-order valence-electron chi connectivity index (χ4n) is 2.21. The van der Waals surface area contributed by atoms with Crippen LogP contribution in [0.25, 0.3) is 0 Å². The van der Waals surface area contributed by atoms with Gasteiger partial charge in [0, 0.05) is 19.2 Å². The van der Waals surface area contributed by atoms with E-state index in [4.69, 9.17) is 4.74 Å². The summed E-state index contributed by atoms with van der Waals surface area (Å²) in [5, 5.41) is 2.78. The fourth-order valence-corrected chi connectivity index (χ4v) is 2.21. The predicted octanol–water partition coefficient (Wildman–Crippen LogP) is 2.52. The molecule has 1 N–H and O–H groups in total. The molecular formula is C14H20F2N4O2. The van der Waals surface area contributed by atoms with Crippen LogP contribution >= 0.6 is 0 Å². The Kier molecular flexibility index (Phi) is 4.77. The van der Waals surface area contributed by atoms with Crippen LogP contribution in [0.3, 0.4) is 0 Å². The number of rotatable bonds is 3. The van der Waals surface area contributed by atoms with Gasteiger partial charge in [-0.15, -0.1) is 0 Å². The molecule has 0 saturated carbocycles. The van der Waals surface area contributed by atoms with Gasteiger partial charge in [0.2, 0.25) is 0 Å². The number of hydrogen-bond donors (Lipinski definition) is 1. The highest BCUT2D eigenvalue weighted by molar-refractivity contribution is 5.68. The number of aromatic nitrogens is 2. The molecule has 6 nitrogen and oxygen atoms in total. The molecule has 0 aliphatic carbocycles. The molecule has 1 atom stereocenters. The Morgan fingerprint density at radius 1 is 1.45 bits per heavy atom. The van der Waals surface area contributed by atoms with Crippen LogP contribution in [0.2, 0.25) is 0 Å². The zero-order valence-electron chi connectivity index (χ0n) is 12.8. The molecule has 122 valence electrons. The minimum Gasteiger partial charge on any atom is -0.444 e. The van der Waals surface area contributed by atoms with Crippen molar-refractivity contribution in [1.29, 1.82) is 0 Å². The second-order valence-corrected chi connectivity index (χ2v) is 6.18. The number of ether oxygens (including phenoxy) is 1. The Bertz CT molecular complexity index is 534. The quantitative estimate of drug-likeness (QED) is 0.928. The number of nitrogens with zero attached hydrogens (tertiary/aromatic N) is 3. The van der Waals surface area contributed by atoms with Gasteiger partial charge < -0.3 is 15.0 Å². The number of nitrogens with one attached hydrogen (secondary N) is 1. The Morgan fingerprint density at radius 3 is 2.82 bits per heavy atom. The van der Waals surface area contributed by atoms with E-state index in [1.54, 1.807) is 20.8 Å². The zero-order valence-corrected chi connectivity index (χ0v) is 12.8. The van der Waals surface area contributed by atoms with Gasteiger partial charge in [0.25, 0.3) is 6.43 Å². The first-order valence-corrected chi connectivity index (χ1v) is 7.09. The van der Waals surface area contributed by atoms with Gasteiger partial charge in [0.1, 0.15) is 23.4 Å². The van der Waals surface area contributed by atoms with Crippen molar-refractivity contribution in [3.63, 3.8) is 0 Å². The highest BCUT2D eigenvalue weighted by Crippen LogP contribution is 2.23. The number of halogens is 2. The van der Waals surface area contributed by atoms with E-state index in [0.29, 0.717) is 25.3 Å². The van der Waals surface area contributed by atoms with Crippen LogP contribution in [0.1, 0.15) is 39.3 Å². The van der Waals surface area contributed by atoms with E-state index in [-0.39, 0.29) is 11.7 Å². The molecule has 0 bridgehead atoms. The third-order valence-corrected chi connectivity index (χ3v) is 3.13. The molecule has 1 aromatic heterocycles. The van der Waals surface area contributed by atoms with Gasteiger partial charge in [-0.25, -0.2) is 23.5 Å². The Morgan fingerprint density at radius 2 is 2.18 bits per heavy atom. The lowest BCUT2D eigenvalue weighted by Crippen LogP contribution is -2.40. The van der Waals surface area contributed by atoms with E-state index in [0.717, 1.165) is 6.33 Å². The van der Waals surface area contributed by atoms with Crippen molar-refractivity contribution < 1.29 is 18.3 Å². The maximum atomic E-state index is 12.7. The van der Waals surface area contributed by atoms with Crippen molar-refractivity contribution in [1.82, 2.24) is 15.3 Å². The molecule has 1 aliphatic heterocycles. The standard InChI is InChI=1S/C14H20F2N4O2/c1-14(2,3)22-13(21)19-9-4-5-20(7-9)11-6-10(12(15)16)17-8-18-11/h6,8-9,12H,4-5,7H2,1-3H3,(H,19,21). The summed E-state index contributed by atoms with van der Waals surface area (Å²) in [5.74, 6) is 0.443. The summed E-state index contributed by atoms with van der Waals surface area (Å²) in [7, 11) is 0. The summed E-state index contributed by atoms with van der Waals surface area (Å²) >= 11 is 0. The summed E-state index contributed by atoms with van der Waals surface area (Å²) in [6, 6.07) is 1.18. The van der Waals surface area contributed by atoms with Crippen molar-refractivity contribution in [2.75, 3.05) is 18.0 Å². The van der Waals surface area contributed by atoms with Crippen molar-refractivity contribution in [3.05, 3.63) is 18.1 Å². The van der Waals surface area contributed by atoms with Gasteiger partial charge >= 0.3 is 6.09 Å². The number of anilines is 1. The molecule has 2 heterocycles. The summed E-state index contributed by atoms with van der Waals surface area (Å²) in [6.07, 6.45) is -1.27. The third kappa shape index (κ3) is 4.51. The number of carbonyl (C=O) groups excluding carboxylic acids is 1. The zero-order chi connectivity index (χ0) is 16.3. The van der Waals surface area contributed by atoms with Crippen LogP contribution < -0.4 is 10.2 Å². The number of alkyl halides is 2. The first kappa shape index (κ1) is 16.4. The SMILES string of the molecule is CC(C)(C)OC(=O)NC1CCN(c2cc(C(F)F)ncn2)C1. The van der Waals surface area contributed by atoms with Crippen LogP contribution in [0.15, 0.2) is 12.4 Å².